The SMILES string of the molecule is CCC1CCc2nc(NC(=O)C3(n4cccn4)CCNCC3)sc2C1.Cl. The molecule has 1 aliphatic heterocycles. The molecule has 2 aromatic rings. The smallest absolute Gasteiger partial charge is 0.254 e. The van der Waals surface area contributed by atoms with Crippen LogP contribution in [0, 0.1) is 5.92 Å². The molecule has 0 bridgehead atoms. The monoisotopic (exact) mass is 395 g/mol. The van der Waals surface area contributed by atoms with Gasteiger partial charge in [0, 0.05) is 17.3 Å². The summed E-state index contributed by atoms with van der Waals surface area (Å²) in [4.78, 5) is 19.2. The van der Waals surface area contributed by atoms with Crippen molar-refractivity contribution in [1.82, 2.24) is 20.1 Å². The topological polar surface area (TPSA) is 71.8 Å². The minimum atomic E-state index is -0.618. The third kappa shape index (κ3) is 3.52. The van der Waals surface area contributed by atoms with E-state index >= 15 is 0 Å². The molecule has 6 nitrogen and oxygen atoms in total. The van der Waals surface area contributed by atoms with Crippen LogP contribution in [-0.4, -0.2) is 33.8 Å². The lowest BCUT2D eigenvalue weighted by molar-refractivity contribution is -0.126. The van der Waals surface area contributed by atoms with Crippen LogP contribution in [0.2, 0.25) is 0 Å². The lowest BCUT2D eigenvalue weighted by atomic mass is 9.87. The van der Waals surface area contributed by atoms with Gasteiger partial charge >= 0.3 is 0 Å². The van der Waals surface area contributed by atoms with Crippen LogP contribution < -0.4 is 10.6 Å². The molecule has 8 heteroatoms. The van der Waals surface area contributed by atoms with E-state index in [-0.39, 0.29) is 18.3 Å². The predicted molar refractivity (Wildman–Crippen MR) is 106 cm³/mol. The molecule has 26 heavy (non-hydrogen) atoms. The molecule has 2 aromatic heterocycles. The first kappa shape index (κ1) is 19.3. The van der Waals surface area contributed by atoms with Crippen LogP contribution in [0.3, 0.4) is 0 Å². The predicted octanol–water partition coefficient (Wildman–Crippen LogP) is 2.99. The van der Waals surface area contributed by atoms with Crippen molar-refractivity contribution < 1.29 is 4.79 Å². The molecule has 1 unspecified atom stereocenters. The van der Waals surface area contributed by atoms with Gasteiger partial charge in [0.15, 0.2) is 5.13 Å². The maximum absolute atomic E-state index is 13.2. The molecule has 2 aliphatic rings. The number of fused-ring (bicyclic) bond motifs is 1. The van der Waals surface area contributed by atoms with Crippen LogP contribution in [0.15, 0.2) is 18.5 Å². The van der Waals surface area contributed by atoms with Crippen molar-refractivity contribution in [2.24, 2.45) is 5.92 Å². The number of aromatic nitrogens is 3. The second-order valence-electron chi connectivity index (χ2n) is 7.09. The quantitative estimate of drug-likeness (QED) is 0.834. The Hall–Kier alpha value is -1.44. The summed E-state index contributed by atoms with van der Waals surface area (Å²) < 4.78 is 1.82. The molecule has 1 aliphatic carbocycles. The van der Waals surface area contributed by atoms with Crippen molar-refractivity contribution >= 4 is 34.8 Å². The zero-order chi connectivity index (χ0) is 17.3. The Morgan fingerprint density at radius 3 is 2.96 bits per heavy atom. The van der Waals surface area contributed by atoms with Crippen LogP contribution in [-0.2, 0) is 23.2 Å². The Morgan fingerprint density at radius 1 is 1.46 bits per heavy atom. The van der Waals surface area contributed by atoms with Crippen LogP contribution >= 0.6 is 23.7 Å². The van der Waals surface area contributed by atoms with Gasteiger partial charge < -0.3 is 5.32 Å². The Kier molecular flexibility index (Phi) is 5.99. The van der Waals surface area contributed by atoms with E-state index in [1.54, 1.807) is 17.5 Å². The number of halogens is 1. The summed E-state index contributed by atoms with van der Waals surface area (Å²) in [7, 11) is 0. The fraction of sp³-hybridized carbons (Fsp3) is 0.611. The number of piperidine rings is 1. The van der Waals surface area contributed by atoms with E-state index in [4.69, 9.17) is 4.98 Å². The second-order valence-corrected chi connectivity index (χ2v) is 8.18. The van der Waals surface area contributed by atoms with Crippen LogP contribution in [0.25, 0.3) is 0 Å². The van der Waals surface area contributed by atoms with Gasteiger partial charge in [0.05, 0.1) is 5.69 Å². The van der Waals surface area contributed by atoms with Crippen molar-refractivity contribution in [3.05, 3.63) is 29.0 Å². The molecule has 1 atom stereocenters. The summed E-state index contributed by atoms with van der Waals surface area (Å²) in [5.41, 5.74) is 0.566. The van der Waals surface area contributed by atoms with Crippen LogP contribution in [0.5, 0.6) is 0 Å². The molecule has 1 amide bonds. The first-order valence-corrected chi connectivity index (χ1v) is 10.0. The van der Waals surface area contributed by atoms with E-state index in [0.29, 0.717) is 0 Å². The Balaban J connectivity index is 0.00000196. The first-order valence-electron chi connectivity index (χ1n) is 9.22. The van der Waals surface area contributed by atoms with Crippen LogP contribution in [0.4, 0.5) is 5.13 Å². The van der Waals surface area contributed by atoms with Gasteiger partial charge in [0.2, 0.25) is 0 Å². The Bertz CT molecular complexity index is 739. The highest BCUT2D eigenvalue weighted by molar-refractivity contribution is 7.15. The van der Waals surface area contributed by atoms with Crippen molar-refractivity contribution in [2.75, 3.05) is 18.4 Å². The van der Waals surface area contributed by atoms with Gasteiger partial charge in [-0.15, -0.1) is 23.7 Å². The molecule has 0 spiro atoms. The van der Waals surface area contributed by atoms with E-state index in [1.165, 1.54) is 23.4 Å². The number of rotatable bonds is 4. The summed E-state index contributed by atoms with van der Waals surface area (Å²) in [6, 6.07) is 1.88. The standard InChI is InChI=1S/C18H25N5OS.ClH/c1-2-13-4-5-14-15(12-13)25-17(21-14)22-16(24)18(6-9-19-10-7-18)23-11-3-8-20-23;/h3,8,11,13,19H,2,4-7,9-10,12H2,1H3,(H,21,22,24);1H. The number of carbonyl (C=O) groups excluding carboxylic acids is 1. The molecule has 0 saturated carbocycles. The molecule has 2 N–H and O–H groups in total. The van der Waals surface area contributed by atoms with Gasteiger partial charge in [-0.1, -0.05) is 13.3 Å². The lowest BCUT2D eigenvalue weighted by Crippen LogP contribution is -2.52. The van der Waals surface area contributed by atoms with E-state index in [9.17, 15) is 4.79 Å². The highest BCUT2D eigenvalue weighted by Crippen LogP contribution is 2.35. The number of anilines is 1. The number of thiazole rings is 1. The Morgan fingerprint density at radius 2 is 2.27 bits per heavy atom. The van der Waals surface area contributed by atoms with E-state index < -0.39 is 5.54 Å². The van der Waals surface area contributed by atoms with Gasteiger partial charge in [0.1, 0.15) is 5.54 Å². The molecule has 0 radical (unpaired) electrons. The maximum Gasteiger partial charge on any atom is 0.254 e. The molecular weight excluding hydrogens is 370 g/mol. The van der Waals surface area contributed by atoms with Crippen molar-refractivity contribution in [3.8, 4) is 0 Å². The van der Waals surface area contributed by atoms with Gasteiger partial charge in [-0.25, -0.2) is 4.98 Å². The molecule has 1 fully saturated rings. The van der Waals surface area contributed by atoms with E-state index in [1.807, 2.05) is 16.9 Å². The number of nitrogens with zero attached hydrogens (tertiary/aromatic N) is 3. The third-order valence-electron chi connectivity index (χ3n) is 5.64. The molecule has 3 heterocycles. The summed E-state index contributed by atoms with van der Waals surface area (Å²) in [6.45, 7) is 3.89. The summed E-state index contributed by atoms with van der Waals surface area (Å²) in [5, 5.41) is 11.6. The third-order valence-corrected chi connectivity index (χ3v) is 6.67. The largest absolute Gasteiger partial charge is 0.317 e. The summed E-state index contributed by atoms with van der Waals surface area (Å²) in [5.74, 6) is 0.771. The van der Waals surface area contributed by atoms with Crippen molar-refractivity contribution in [2.45, 2.75) is 51.0 Å². The van der Waals surface area contributed by atoms with E-state index in [0.717, 1.165) is 49.8 Å². The number of carbonyl (C=O) groups is 1. The molecule has 1 saturated heterocycles. The lowest BCUT2D eigenvalue weighted by Gasteiger charge is -2.36. The minimum Gasteiger partial charge on any atom is -0.317 e. The van der Waals surface area contributed by atoms with Gasteiger partial charge in [-0.3, -0.25) is 14.8 Å². The second kappa shape index (κ2) is 8.06. The van der Waals surface area contributed by atoms with Crippen molar-refractivity contribution in [3.63, 3.8) is 0 Å². The molecule has 0 aromatic carbocycles. The number of aryl methyl sites for hydroxylation is 1. The van der Waals surface area contributed by atoms with Crippen molar-refractivity contribution in [1.29, 1.82) is 0 Å². The van der Waals surface area contributed by atoms with Gasteiger partial charge in [-0.05, 0) is 57.2 Å². The number of hydrogen-bond acceptors (Lipinski definition) is 5. The highest BCUT2D eigenvalue weighted by Gasteiger charge is 2.42. The first-order chi connectivity index (χ1) is 12.2. The molecular formula is C18H26ClN5OS. The average Bonchev–Trinajstić information content (AvgIpc) is 3.31. The fourth-order valence-corrected chi connectivity index (χ4v) is 5.10. The van der Waals surface area contributed by atoms with Gasteiger partial charge in [-0.2, -0.15) is 5.10 Å². The normalized spacial score (nSPS) is 21.5. The summed E-state index contributed by atoms with van der Waals surface area (Å²) in [6.07, 6.45) is 9.68. The zero-order valence-corrected chi connectivity index (χ0v) is 16.7. The van der Waals surface area contributed by atoms with Crippen LogP contribution in [0.1, 0.15) is 43.2 Å². The number of hydrogen-bond donors (Lipinski definition) is 2. The number of nitrogens with one attached hydrogen (secondary N) is 2. The summed E-state index contributed by atoms with van der Waals surface area (Å²) >= 11 is 1.65. The van der Waals surface area contributed by atoms with Gasteiger partial charge in [0.25, 0.3) is 5.91 Å². The minimum absolute atomic E-state index is 0. The average molecular weight is 396 g/mol. The molecule has 4 rings (SSSR count). The zero-order valence-electron chi connectivity index (χ0n) is 15.0. The number of amides is 1. The van der Waals surface area contributed by atoms with E-state index in [2.05, 4.69) is 22.7 Å². The maximum atomic E-state index is 13.2. The fourth-order valence-electron chi connectivity index (χ4n) is 3.98. The molecule has 142 valence electrons. The highest BCUT2D eigenvalue weighted by atomic mass is 35.5. The Labute approximate surface area is 164 Å².